The molecule has 0 atom stereocenters. The van der Waals surface area contributed by atoms with Crippen LogP contribution in [-0.4, -0.2) is 31.3 Å². The zero-order valence-corrected chi connectivity index (χ0v) is 9.07. The number of nitrogens with zero attached hydrogens (tertiary/aromatic N) is 1. The minimum Gasteiger partial charge on any atom is -0.494 e. The molecule has 0 N–H and O–H groups in total. The number of rotatable bonds is 4. The third kappa shape index (κ3) is 2.79. The number of carbonyl (C=O) groups is 2. The van der Waals surface area contributed by atoms with E-state index in [1.807, 2.05) is 0 Å². The van der Waals surface area contributed by atoms with Gasteiger partial charge < -0.3 is 9.64 Å². The van der Waals surface area contributed by atoms with Gasteiger partial charge in [0.05, 0.1) is 7.11 Å². The van der Waals surface area contributed by atoms with E-state index in [0.29, 0.717) is 5.56 Å². The third-order valence-corrected chi connectivity index (χ3v) is 2.11. The molecule has 5 heteroatoms. The van der Waals surface area contributed by atoms with Crippen molar-refractivity contribution in [3.05, 3.63) is 29.6 Å². The van der Waals surface area contributed by atoms with E-state index in [2.05, 4.69) is 0 Å². The molecule has 0 saturated heterocycles. The number of hydrogen-bond acceptors (Lipinski definition) is 3. The van der Waals surface area contributed by atoms with E-state index >= 15 is 0 Å². The Labute approximate surface area is 92.6 Å². The molecule has 0 fully saturated rings. The normalized spacial score (nSPS) is 9.69. The van der Waals surface area contributed by atoms with Crippen LogP contribution in [0.15, 0.2) is 18.2 Å². The maximum Gasteiger partial charge on any atom is 0.286 e. The number of hydrogen-bond donors (Lipinski definition) is 0. The molecule has 1 amide bonds. The van der Waals surface area contributed by atoms with Crippen LogP contribution in [0.4, 0.5) is 4.39 Å². The van der Waals surface area contributed by atoms with Gasteiger partial charge in [-0.15, -0.1) is 0 Å². The largest absolute Gasteiger partial charge is 0.494 e. The molecule has 0 aromatic heterocycles. The topological polar surface area (TPSA) is 46.6 Å². The van der Waals surface area contributed by atoms with Crippen LogP contribution in [-0.2, 0) is 16.1 Å². The predicted octanol–water partition coefficient (Wildman–Crippen LogP) is 0.992. The van der Waals surface area contributed by atoms with Crippen molar-refractivity contribution in [3.63, 3.8) is 0 Å². The smallest absolute Gasteiger partial charge is 0.286 e. The van der Waals surface area contributed by atoms with Crippen LogP contribution in [0.3, 0.4) is 0 Å². The van der Waals surface area contributed by atoms with Crippen molar-refractivity contribution < 1.29 is 18.7 Å². The van der Waals surface area contributed by atoms with Gasteiger partial charge in [-0.1, -0.05) is 6.07 Å². The van der Waals surface area contributed by atoms with Crippen molar-refractivity contribution in [1.29, 1.82) is 0 Å². The first-order chi connectivity index (χ1) is 7.58. The summed E-state index contributed by atoms with van der Waals surface area (Å²) in [7, 11) is 2.85. The Bertz CT molecular complexity index is 406. The molecule has 0 unspecified atom stereocenters. The number of ether oxygens (including phenoxy) is 1. The standard InChI is InChI=1S/C11H12FNO3/c1-13(11(15)7-14)6-8-3-4-10(16-2)9(12)5-8/h3-5,7H,6H2,1-2H3. The number of benzene rings is 1. The van der Waals surface area contributed by atoms with Gasteiger partial charge in [-0.05, 0) is 17.7 Å². The first-order valence-electron chi connectivity index (χ1n) is 4.61. The highest BCUT2D eigenvalue weighted by Gasteiger charge is 2.09. The molecule has 4 nitrogen and oxygen atoms in total. The van der Waals surface area contributed by atoms with Gasteiger partial charge >= 0.3 is 0 Å². The average molecular weight is 225 g/mol. The van der Waals surface area contributed by atoms with E-state index in [4.69, 9.17) is 4.74 Å². The first-order valence-corrected chi connectivity index (χ1v) is 4.61. The molecule has 16 heavy (non-hydrogen) atoms. The molecule has 1 rings (SSSR count). The van der Waals surface area contributed by atoms with Gasteiger partial charge in [-0.3, -0.25) is 9.59 Å². The lowest BCUT2D eigenvalue weighted by molar-refractivity contribution is -0.138. The fraction of sp³-hybridized carbons (Fsp3) is 0.273. The lowest BCUT2D eigenvalue weighted by Gasteiger charge is -2.14. The van der Waals surface area contributed by atoms with Gasteiger partial charge in [0.2, 0.25) is 6.29 Å². The monoisotopic (exact) mass is 225 g/mol. The minimum absolute atomic E-state index is 0.146. The third-order valence-electron chi connectivity index (χ3n) is 2.11. The quantitative estimate of drug-likeness (QED) is 0.567. The number of likely N-dealkylation sites (N-methyl/N-ethyl adjacent to an activating group) is 1. The van der Waals surface area contributed by atoms with Gasteiger partial charge in [0.25, 0.3) is 5.91 Å². The molecule has 0 saturated carbocycles. The molecule has 0 radical (unpaired) electrons. The molecule has 0 bridgehead atoms. The molecule has 86 valence electrons. The molecular formula is C11H12FNO3. The molecule has 1 aromatic rings. The van der Waals surface area contributed by atoms with Crippen molar-refractivity contribution in [1.82, 2.24) is 4.90 Å². The van der Waals surface area contributed by atoms with Crippen LogP contribution in [0.5, 0.6) is 5.75 Å². The molecule has 0 aliphatic rings. The fourth-order valence-corrected chi connectivity index (χ4v) is 1.25. The van der Waals surface area contributed by atoms with Gasteiger partial charge in [0.15, 0.2) is 11.6 Å². The zero-order valence-electron chi connectivity index (χ0n) is 9.07. The average Bonchev–Trinajstić information content (AvgIpc) is 2.28. The fourth-order valence-electron chi connectivity index (χ4n) is 1.25. The van der Waals surface area contributed by atoms with Crippen molar-refractivity contribution in [2.24, 2.45) is 0 Å². The van der Waals surface area contributed by atoms with E-state index in [-0.39, 0.29) is 18.6 Å². The van der Waals surface area contributed by atoms with Crippen molar-refractivity contribution in [3.8, 4) is 5.75 Å². The van der Waals surface area contributed by atoms with Gasteiger partial charge in [-0.2, -0.15) is 0 Å². The van der Waals surface area contributed by atoms with Crippen LogP contribution in [0.25, 0.3) is 0 Å². The summed E-state index contributed by atoms with van der Waals surface area (Å²) in [4.78, 5) is 22.4. The van der Waals surface area contributed by atoms with Crippen LogP contribution in [0.1, 0.15) is 5.56 Å². The second kappa shape index (κ2) is 5.25. The second-order valence-corrected chi connectivity index (χ2v) is 3.28. The van der Waals surface area contributed by atoms with Crippen LogP contribution in [0.2, 0.25) is 0 Å². The second-order valence-electron chi connectivity index (χ2n) is 3.28. The van der Waals surface area contributed by atoms with Crippen molar-refractivity contribution >= 4 is 12.2 Å². The SMILES string of the molecule is COc1ccc(CN(C)C(=O)C=O)cc1F. The van der Waals surface area contributed by atoms with Crippen molar-refractivity contribution in [2.45, 2.75) is 6.54 Å². The van der Waals surface area contributed by atoms with Gasteiger partial charge in [0.1, 0.15) is 0 Å². The highest BCUT2D eigenvalue weighted by atomic mass is 19.1. The number of carbonyl (C=O) groups excluding carboxylic acids is 2. The van der Waals surface area contributed by atoms with Crippen LogP contribution >= 0.6 is 0 Å². The van der Waals surface area contributed by atoms with Gasteiger partial charge in [-0.25, -0.2) is 4.39 Å². The van der Waals surface area contributed by atoms with Crippen LogP contribution < -0.4 is 4.74 Å². The van der Waals surface area contributed by atoms with E-state index in [9.17, 15) is 14.0 Å². The Hall–Kier alpha value is -1.91. The lowest BCUT2D eigenvalue weighted by Crippen LogP contribution is -2.26. The molecular weight excluding hydrogens is 213 g/mol. The van der Waals surface area contributed by atoms with Crippen LogP contribution in [0, 0.1) is 5.82 Å². The van der Waals surface area contributed by atoms with E-state index in [1.54, 1.807) is 6.07 Å². The zero-order chi connectivity index (χ0) is 12.1. The number of methoxy groups -OCH3 is 1. The number of halogens is 1. The van der Waals surface area contributed by atoms with E-state index in [1.165, 1.54) is 31.2 Å². The minimum atomic E-state index is -0.642. The summed E-state index contributed by atoms with van der Waals surface area (Å²) in [5, 5.41) is 0. The summed E-state index contributed by atoms with van der Waals surface area (Å²) >= 11 is 0. The molecule has 0 spiro atoms. The highest BCUT2D eigenvalue weighted by molar-refractivity contribution is 6.23. The van der Waals surface area contributed by atoms with Gasteiger partial charge in [0, 0.05) is 13.6 Å². The summed E-state index contributed by atoms with van der Waals surface area (Å²) in [5.41, 5.74) is 0.594. The lowest BCUT2D eigenvalue weighted by atomic mass is 10.2. The Morgan fingerprint density at radius 1 is 1.56 bits per heavy atom. The first kappa shape index (κ1) is 12.2. The maximum atomic E-state index is 13.3. The van der Waals surface area contributed by atoms with E-state index in [0.717, 1.165) is 0 Å². The summed E-state index contributed by atoms with van der Waals surface area (Å²) < 4.78 is 18.0. The Morgan fingerprint density at radius 3 is 2.75 bits per heavy atom. The summed E-state index contributed by atoms with van der Waals surface area (Å²) in [6.45, 7) is 0.179. The summed E-state index contributed by atoms with van der Waals surface area (Å²) in [6.07, 6.45) is 0.222. The Morgan fingerprint density at radius 2 is 2.25 bits per heavy atom. The summed E-state index contributed by atoms with van der Waals surface area (Å²) in [6, 6.07) is 4.38. The molecule has 0 aliphatic carbocycles. The molecule has 1 aromatic carbocycles. The highest BCUT2D eigenvalue weighted by Crippen LogP contribution is 2.18. The Kier molecular flexibility index (Phi) is 3.99. The Balaban J connectivity index is 2.79. The molecule has 0 heterocycles. The van der Waals surface area contributed by atoms with Crippen molar-refractivity contribution in [2.75, 3.05) is 14.2 Å². The molecule has 0 aliphatic heterocycles. The van der Waals surface area contributed by atoms with E-state index < -0.39 is 11.7 Å². The maximum absolute atomic E-state index is 13.3. The predicted molar refractivity (Wildman–Crippen MR) is 55.5 cm³/mol. The summed E-state index contributed by atoms with van der Waals surface area (Å²) in [5.74, 6) is -0.990. The number of aldehydes is 1. The number of amides is 1.